The van der Waals surface area contributed by atoms with Crippen LogP contribution in [0.2, 0.25) is 0 Å². The molecule has 0 spiro atoms. The maximum atomic E-state index is 11.9. The van der Waals surface area contributed by atoms with Crippen molar-refractivity contribution in [2.75, 3.05) is 11.9 Å². The first-order valence-electron chi connectivity index (χ1n) is 7.91. The third-order valence-electron chi connectivity index (χ3n) is 3.53. The molecule has 0 atom stereocenters. The van der Waals surface area contributed by atoms with Gasteiger partial charge in [-0.3, -0.25) is 4.79 Å². The van der Waals surface area contributed by atoms with E-state index < -0.39 is 5.97 Å². The van der Waals surface area contributed by atoms with E-state index in [1.807, 2.05) is 24.3 Å². The van der Waals surface area contributed by atoms with E-state index in [0.717, 1.165) is 12.2 Å². The van der Waals surface area contributed by atoms with E-state index in [-0.39, 0.29) is 11.5 Å². The van der Waals surface area contributed by atoms with Crippen molar-refractivity contribution in [3.8, 4) is 5.75 Å². The van der Waals surface area contributed by atoms with Gasteiger partial charge >= 0.3 is 0 Å². The molecular formula is C19H20NO4-. The summed E-state index contributed by atoms with van der Waals surface area (Å²) >= 11 is 0. The van der Waals surface area contributed by atoms with Gasteiger partial charge in [-0.15, -0.1) is 0 Å². The fourth-order valence-electron chi connectivity index (χ4n) is 2.19. The van der Waals surface area contributed by atoms with Crippen molar-refractivity contribution in [2.24, 2.45) is 0 Å². The van der Waals surface area contributed by atoms with Crippen molar-refractivity contribution in [1.29, 1.82) is 0 Å². The molecule has 0 aliphatic rings. The summed E-state index contributed by atoms with van der Waals surface area (Å²) in [7, 11) is 0. The zero-order chi connectivity index (χ0) is 17.4. The van der Waals surface area contributed by atoms with Crippen LogP contribution in [-0.2, 0) is 11.2 Å². The van der Waals surface area contributed by atoms with Crippen molar-refractivity contribution in [1.82, 2.24) is 0 Å². The lowest BCUT2D eigenvalue weighted by molar-refractivity contribution is -0.255. The molecule has 24 heavy (non-hydrogen) atoms. The maximum Gasteiger partial charge on any atom is 0.224 e. The fraction of sp³-hybridized carbons (Fsp3) is 0.263. The summed E-state index contributed by atoms with van der Waals surface area (Å²) in [5, 5.41) is 13.4. The first kappa shape index (κ1) is 17.5. The average molecular weight is 326 g/mol. The third-order valence-corrected chi connectivity index (χ3v) is 3.53. The van der Waals surface area contributed by atoms with E-state index in [1.165, 1.54) is 17.7 Å². The number of hydrogen-bond acceptors (Lipinski definition) is 4. The SMILES string of the molecule is CCc1ccc(OCCCC(=O)Nc2cccc(C(=O)[O-])c2)cc1. The Morgan fingerprint density at radius 2 is 1.88 bits per heavy atom. The van der Waals surface area contributed by atoms with Gasteiger partial charge in [0, 0.05) is 12.1 Å². The minimum absolute atomic E-state index is 0.0339. The Morgan fingerprint density at radius 1 is 1.12 bits per heavy atom. The topological polar surface area (TPSA) is 78.5 Å². The second kappa shape index (κ2) is 8.72. The van der Waals surface area contributed by atoms with Crippen LogP contribution in [-0.4, -0.2) is 18.5 Å². The van der Waals surface area contributed by atoms with Crippen LogP contribution in [0.15, 0.2) is 48.5 Å². The number of anilines is 1. The Morgan fingerprint density at radius 3 is 2.54 bits per heavy atom. The zero-order valence-electron chi connectivity index (χ0n) is 13.6. The van der Waals surface area contributed by atoms with E-state index in [9.17, 15) is 14.7 Å². The van der Waals surface area contributed by atoms with Gasteiger partial charge in [-0.1, -0.05) is 31.2 Å². The summed E-state index contributed by atoms with van der Waals surface area (Å²) in [5.41, 5.74) is 1.73. The molecule has 0 aliphatic carbocycles. The van der Waals surface area contributed by atoms with Crippen LogP contribution < -0.4 is 15.2 Å². The lowest BCUT2D eigenvalue weighted by atomic mass is 10.2. The maximum absolute atomic E-state index is 11.9. The van der Waals surface area contributed by atoms with Crippen LogP contribution in [0.1, 0.15) is 35.7 Å². The van der Waals surface area contributed by atoms with E-state index in [4.69, 9.17) is 4.74 Å². The summed E-state index contributed by atoms with van der Waals surface area (Å²) in [5.74, 6) is -0.668. The monoisotopic (exact) mass is 326 g/mol. The Bertz CT molecular complexity index is 695. The van der Waals surface area contributed by atoms with Crippen LogP contribution in [0.4, 0.5) is 5.69 Å². The van der Waals surface area contributed by atoms with Crippen LogP contribution in [0.5, 0.6) is 5.75 Å². The van der Waals surface area contributed by atoms with Gasteiger partial charge in [-0.2, -0.15) is 0 Å². The molecule has 0 heterocycles. The average Bonchev–Trinajstić information content (AvgIpc) is 2.59. The van der Waals surface area contributed by atoms with Crippen molar-refractivity contribution >= 4 is 17.6 Å². The molecular weight excluding hydrogens is 306 g/mol. The number of ether oxygens (including phenoxy) is 1. The van der Waals surface area contributed by atoms with Gasteiger partial charge in [0.2, 0.25) is 5.91 Å². The molecule has 5 nitrogen and oxygen atoms in total. The molecule has 126 valence electrons. The van der Waals surface area contributed by atoms with Gasteiger partial charge in [-0.25, -0.2) is 0 Å². The van der Waals surface area contributed by atoms with E-state index in [0.29, 0.717) is 25.1 Å². The third kappa shape index (κ3) is 5.43. The van der Waals surface area contributed by atoms with Crippen LogP contribution in [0.25, 0.3) is 0 Å². The number of rotatable bonds is 8. The van der Waals surface area contributed by atoms with E-state index in [1.54, 1.807) is 12.1 Å². The minimum Gasteiger partial charge on any atom is -0.545 e. The first-order valence-corrected chi connectivity index (χ1v) is 7.91. The number of carboxylic acid groups (broad SMARTS) is 1. The summed E-state index contributed by atoms with van der Waals surface area (Å²) < 4.78 is 5.59. The highest BCUT2D eigenvalue weighted by Crippen LogP contribution is 2.14. The lowest BCUT2D eigenvalue weighted by Crippen LogP contribution is -2.22. The summed E-state index contributed by atoms with van der Waals surface area (Å²) in [6.45, 7) is 2.54. The first-order chi connectivity index (χ1) is 11.6. The largest absolute Gasteiger partial charge is 0.545 e. The summed E-state index contributed by atoms with van der Waals surface area (Å²) in [4.78, 5) is 22.6. The van der Waals surface area contributed by atoms with Crippen LogP contribution >= 0.6 is 0 Å². The highest BCUT2D eigenvalue weighted by molar-refractivity contribution is 5.93. The molecule has 0 radical (unpaired) electrons. The number of carbonyl (C=O) groups is 2. The molecule has 0 unspecified atom stereocenters. The number of carboxylic acids is 1. The number of aromatic carboxylic acids is 1. The normalized spacial score (nSPS) is 10.2. The number of aryl methyl sites for hydroxylation is 1. The van der Waals surface area contributed by atoms with Crippen molar-refractivity contribution in [2.45, 2.75) is 26.2 Å². The quantitative estimate of drug-likeness (QED) is 0.756. The van der Waals surface area contributed by atoms with E-state index in [2.05, 4.69) is 12.2 Å². The molecule has 5 heteroatoms. The van der Waals surface area contributed by atoms with Gasteiger partial charge in [0.15, 0.2) is 0 Å². The fourth-order valence-corrected chi connectivity index (χ4v) is 2.19. The molecule has 2 aromatic rings. The van der Waals surface area contributed by atoms with E-state index >= 15 is 0 Å². The molecule has 1 N–H and O–H groups in total. The number of hydrogen-bond donors (Lipinski definition) is 1. The second-order valence-corrected chi connectivity index (χ2v) is 5.37. The van der Waals surface area contributed by atoms with Gasteiger partial charge in [0.1, 0.15) is 5.75 Å². The van der Waals surface area contributed by atoms with Crippen molar-refractivity contribution < 1.29 is 19.4 Å². The Labute approximate surface area is 141 Å². The second-order valence-electron chi connectivity index (χ2n) is 5.37. The number of benzene rings is 2. The molecule has 0 aliphatic heterocycles. The molecule has 0 saturated heterocycles. The summed E-state index contributed by atoms with van der Waals surface area (Å²) in [6, 6.07) is 13.9. The highest BCUT2D eigenvalue weighted by Gasteiger charge is 2.04. The number of amides is 1. The predicted molar refractivity (Wildman–Crippen MR) is 90.0 cm³/mol. The summed E-state index contributed by atoms with van der Waals surface area (Å²) in [6.07, 6.45) is 1.85. The zero-order valence-corrected chi connectivity index (χ0v) is 13.6. The molecule has 0 fully saturated rings. The molecule has 1 amide bonds. The molecule has 0 aromatic heterocycles. The highest BCUT2D eigenvalue weighted by atomic mass is 16.5. The minimum atomic E-state index is -1.27. The Kier molecular flexibility index (Phi) is 6.37. The molecule has 0 bridgehead atoms. The van der Waals surface area contributed by atoms with Gasteiger partial charge in [0.05, 0.1) is 12.6 Å². The Balaban J connectivity index is 1.73. The van der Waals surface area contributed by atoms with Crippen LogP contribution in [0.3, 0.4) is 0 Å². The predicted octanol–water partition coefficient (Wildman–Crippen LogP) is 2.41. The van der Waals surface area contributed by atoms with Crippen LogP contribution in [0, 0.1) is 0 Å². The van der Waals surface area contributed by atoms with Crippen molar-refractivity contribution in [3.63, 3.8) is 0 Å². The smallest absolute Gasteiger partial charge is 0.224 e. The lowest BCUT2D eigenvalue weighted by Gasteiger charge is -2.09. The van der Waals surface area contributed by atoms with Gasteiger partial charge in [0.25, 0.3) is 0 Å². The molecule has 2 rings (SSSR count). The molecule has 0 saturated carbocycles. The Hall–Kier alpha value is -2.82. The number of carbonyl (C=O) groups excluding carboxylic acids is 2. The van der Waals surface area contributed by atoms with Gasteiger partial charge in [-0.05, 0) is 48.2 Å². The number of nitrogens with one attached hydrogen (secondary N) is 1. The van der Waals surface area contributed by atoms with Crippen molar-refractivity contribution in [3.05, 3.63) is 59.7 Å². The van der Waals surface area contributed by atoms with Gasteiger partial charge < -0.3 is 20.0 Å². The standard InChI is InChI=1S/C19H21NO4/c1-2-14-8-10-17(11-9-14)24-12-4-7-18(21)20-16-6-3-5-15(13-16)19(22)23/h3,5-6,8-11,13H,2,4,7,12H2,1H3,(H,20,21)(H,22,23)/p-1. The molecule has 2 aromatic carbocycles.